The molecule has 0 unspecified atom stereocenters. The van der Waals surface area contributed by atoms with Crippen LogP contribution in [0.25, 0.3) is 0 Å². The molecule has 0 aliphatic heterocycles. The fraction of sp³-hybridized carbons (Fsp3) is 0.538. The summed E-state index contributed by atoms with van der Waals surface area (Å²) in [4.78, 5) is 10.5. The van der Waals surface area contributed by atoms with E-state index in [0.29, 0.717) is 5.92 Å². The maximum atomic E-state index is 13.5. The van der Waals surface area contributed by atoms with Gasteiger partial charge < -0.3 is 5.32 Å². The van der Waals surface area contributed by atoms with Crippen LogP contribution < -0.4 is 5.32 Å². The smallest absolute Gasteiger partial charge is 0.293 e. The molecule has 1 aromatic rings. The Bertz CT molecular complexity index is 488. The summed E-state index contributed by atoms with van der Waals surface area (Å²) < 4.78 is 13.6. The Labute approximate surface area is 119 Å². The quantitative estimate of drug-likeness (QED) is 0.656. The molecule has 1 aromatic carbocycles. The third-order valence-corrected chi connectivity index (χ3v) is 4.22. The van der Waals surface area contributed by atoms with Gasteiger partial charge in [0.15, 0.2) is 0 Å². The Morgan fingerprint density at radius 3 is 2.58 bits per heavy atom. The lowest BCUT2D eigenvalue weighted by Gasteiger charge is -2.27. The Balaban J connectivity index is 2.19. The molecule has 1 aliphatic carbocycles. The van der Waals surface area contributed by atoms with E-state index >= 15 is 0 Å². The number of nitrogens with one attached hydrogen (secondary N) is 1. The van der Waals surface area contributed by atoms with Crippen LogP contribution in [0, 0.1) is 21.8 Å². The monoisotopic (exact) mass is 330 g/mol. The molecule has 6 heteroatoms. The van der Waals surface area contributed by atoms with Crippen molar-refractivity contribution in [2.45, 2.75) is 38.6 Å². The van der Waals surface area contributed by atoms with Crippen LogP contribution in [0.5, 0.6) is 0 Å². The fourth-order valence-electron chi connectivity index (χ4n) is 2.43. The zero-order chi connectivity index (χ0) is 14.0. The van der Waals surface area contributed by atoms with Crippen LogP contribution in [0.3, 0.4) is 0 Å². The number of hydrogen-bond acceptors (Lipinski definition) is 3. The van der Waals surface area contributed by atoms with Crippen LogP contribution in [0.4, 0.5) is 15.8 Å². The normalized spacial score (nSPS) is 23.1. The topological polar surface area (TPSA) is 55.2 Å². The van der Waals surface area contributed by atoms with E-state index in [1.165, 1.54) is 12.1 Å². The van der Waals surface area contributed by atoms with Crippen molar-refractivity contribution >= 4 is 27.3 Å². The molecule has 0 bridgehead atoms. The summed E-state index contributed by atoms with van der Waals surface area (Å²) in [6.07, 6.45) is 4.14. The predicted octanol–water partition coefficient (Wildman–Crippen LogP) is 4.49. The lowest BCUT2D eigenvalue weighted by atomic mass is 9.87. The predicted molar refractivity (Wildman–Crippen MR) is 75.8 cm³/mol. The van der Waals surface area contributed by atoms with Crippen molar-refractivity contribution in [3.8, 4) is 0 Å². The number of hydrogen-bond donors (Lipinski definition) is 1. The number of rotatable bonds is 3. The molecule has 0 atom stereocenters. The van der Waals surface area contributed by atoms with Crippen molar-refractivity contribution in [2.24, 2.45) is 5.92 Å². The summed E-state index contributed by atoms with van der Waals surface area (Å²) >= 11 is 2.97. The van der Waals surface area contributed by atoms with E-state index in [1.54, 1.807) is 0 Å². The summed E-state index contributed by atoms with van der Waals surface area (Å²) in [6, 6.07) is 2.60. The number of nitrogens with zero attached hydrogens (tertiary/aromatic N) is 1. The highest BCUT2D eigenvalue weighted by Gasteiger charge is 2.23. The zero-order valence-electron chi connectivity index (χ0n) is 10.7. The van der Waals surface area contributed by atoms with Crippen molar-refractivity contribution in [3.63, 3.8) is 0 Å². The molecule has 0 radical (unpaired) electrons. The third-order valence-electron chi connectivity index (χ3n) is 3.61. The first-order valence-electron chi connectivity index (χ1n) is 6.37. The molecule has 0 spiro atoms. The minimum Gasteiger partial charge on any atom is -0.377 e. The molecule has 4 nitrogen and oxygen atoms in total. The van der Waals surface area contributed by atoms with E-state index in [-0.39, 0.29) is 21.9 Å². The van der Waals surface area contributed by atoms with Gasteiger partial charge in [-0.25, -0.2) is 4.39 Å². The van der Waals surface area contributed by atoms with Crippen LogP contribution in [0.15, 0.2) is 16.6 Å². The molecule has 0 heterocycles. The second-order valence-electron chi connectivity index (χ2n) is 5.14. The number of anilines is 1. The summed E-state index contributed by atoms with van der Waals surface area (Å²) in [7, 11) is 0. The lowest BCUT2D eigenvalue weighted by Crippen LogP contribution is -2.25. The molecule has 0 amide bonds. The largest absolute Gasteiger partial charge is 0.377 e. The van der Waals surface area contributed by atoms with E-state index in [9.17, 15) is 14.5 Å². The molecular formula is C13H16BrFN2O2. The van der Waals surface area contributed by atoms with Gasteiger partial charge in [-0.15, -0.1) is 0 Å². The highest BCUT2D eigenvalue weighted by molar-refractivity contribution is 9.10. The van der Waals surface area contributed by atoms with Gasteiger partial charge in [0.25, 0.3) is 5.69 Å². The maximum absolute atomic E-state index is 13.5. The molecule has 1 N–H and O–H groups in total. The minimum absolute atomic E-state index is 0.0908. The van der Waals surface area contributed by atoms with Crippen LogP contribution in [0.2, 0.25) is 0 Å². The van der Waals surface area contributed by atoms with Gasteiger partial charge in [0.1, 0.15) is 11.5 Å². The van der Waals surface area contributed by atoms with Gasteiger partial charge in [-0.1, -0.05) is 6.92 Å². The average molecular weight is 331 g/mol. The summed E-state index contributed by atoms with van der Waals surface area (Å²) in [5.74, 6) is 0.215. The van der Waals surface area contributed by atoms with Crippen molar-refractivity contribution in [3.05, 3.63) is 32.5 Å². The highest BCUT2D eigenvalue weighted by Crippen LogP contribution is 2.33. The Kier molecular flexibility index (Phi) is 4.39. The van der Waals surface area contributed by atoms with Crippen LogP contribution in [-0.4, -0.2) is 11.0 Å². The number of halogens is 2. The second kappa shape index (κ2) is 5.86. The van der Waals surface area contributed by atoms with E-state index in [0.717, 1.165) is 25.7 Å². The minimum atomic E-state index is -0.489. The van der Waals surface area contributed by atoms with Gasteiger partial charge in [0, 0.05) is 18.2 Å². The lowest BCUT2D eigenvalue weighted by molar-refractivity contribution is -0.384. The summed E-state index contributed by atoms with van der Waals surface area (Å²) in [6.45, 7) is 2.21. The van der Waals surface area contributed by atoms with Gasteiger partial charge in [0.05, 0.1) is 9.40 Å². The van der Waals surface area contributed by atoms with E-state index in [2.05, 4.69) is 28.2 Å². The van der Waals surface area contributed by atoms with E-state index in [1.807, 2.05) is 0 Å². The molecule has 1 fully saturated rings. The number of nitro benzene ring substituents is 1. The van der Waals surface area contributed by atoms with Crippen LogP contribution in [-0.2, 0) is 0 Å². The Morgan fingerprint density at radius 1 is 1.37 bits per heavy atom. The zero-order valence-corrected chi connectivity index (χ0v) is 12.2. The maximum Gasteiger partial charge on any atom is 0.293 e. The molecule has 19 heavy (non-hydrogen) atoms. The SMILES string of the molecule is CC1CCC(Nc2cc(F)c(Br)cc2[N+](=O)[O-])CC1. The first kappa shape index (κ1) is 14.2. The average Bonchev–Trinajstić information content (AvgIpc) is 2.36. The summed E-state index contributed by atoms with van der Waals surface area (Å²) in [5.41, 5.74) is 0.178. The van der Waals surface area contributed by atoms with Crippen molar-refractivity contribution in [2.75, 3.05) is 5.32 Å². The van der Waals surface area contributed by atoms with Crippen LogP contribution in [0.1, 0.15) is 32.6 Å². The Hall–Kier alpha value is -1.17. The first-order chi connectivity index (χ1) is 8.97. The van der Waals surface area contributed by atoms with Gasteiger partial charge in [-0.3, -0.25) is 10.1 Å². The highest BCUT2D eigenvalue weighted by atomic mass is 79.9. The van der Waals surface area contributed by atoms with Crippen molar-refractivity contribution in [1.82, 2.24) is 0 Å². The molecular weight excluding hydrogens is 315 g/mol. The second-order valence-corrected chi connectivity index (χ2v) is 6.00. The summed E-state index contributed by atoms with van der Waals surface area (Å²) in [5, 5.41) is 14.1. The van der Waals surface area contributed by atoms with E-state index in [4.69, 9.17) is 0 Å². The molecule has 1 saturated carbocycles. The number of benzene rings is 1. The third kappa shape index (κ3) is 3.43. The van der Waals surface area contributed by atoms with Gasteiger partial charge in [-0.05, 0) is 47.5 Å². The molecule has 104 valence electrons. The Morgan fingerprint density at radius 2 is 2.00 bits per heavy atom. The molecule has 2 rings (SSSR count). The molecule has 0 saturated heterocycles. The first-order valence-corrected chi connectivity index (χ1v) is 7.16. The number of nitro groups is 1. The van der Waals surface area contributed by atoms with Gasteiger partial charge in [-0.2, -0.15) is 0 Å². The molecule has 0 aromatic heterocycles. The van der Waals surface area contributed by atoms with Gasteiger partial charge >= 0.3 is 0 Å². The standard InChI is InChI=1S/C13H16BrFN2O2/c1-8-2-4-9(5-3-8)16-12-7-11(15)10(14)6-13(12)17(18)19/h6-9,16H,2-5H2,1H3. The van der Waals surface area contributed by atoms with E-state index < -0.39 is 10.7 Å². The van der Waals surface area contributed by atoms with Crippen molar-refractivity contribution in [1.29, 1.82) is 0 Å². The van der Waals surface area contributed by atoms with Crippen LogP contribution >= 0.6 is 15.9 Å². The van der Waals surface area contributed by atoms with Crippen molar-refractivity contribution < 1.29 is 9.31 Å². The fourth-order valence-corrected chi connectivity index (χ4v) is 2.76. The molecule has 1 aliphatic rings. The van der Waals surface area contributed by atoms with Gasteiger partial charge in [0.2, 0.25) is 0 Å².